The molecule has 0 aliphatic heterocycles. The number of Topliss-reactive ketones (excluding diaryl/α,β-unsaturated/α-hetero) is 1. The van der Waals surface area contributed by atoms with Crippen LogP contribution in [0.2, 0.25) is 5.02 Å². The van der Waals surface area contributed by atoms with E-state index >= 15 is 0 Å². The maximum Gasteiger partial charge on any atom is 0.206 e. The number of furan rings is 1. The third kappa shape index (κ3) is 2.71. The molecule has 0 aliphatic rings. The monoisotopic (exact) mass is 299 g/mol. The van der Waals surface area contributed by atoms with Crippen LogP contribution in [0, 0.1) is 0 Å². The lowest BCUT2D eigenvalue weighted by Crippen LogP contribution is -2.21. The largest absolute Gasteiger partial charge is 0.453 e. The summed E-state index contributed by atoms with van der Waals surface area (Å²) in [6.45, 7) is 0.237. The van der Waals surface area contributed by atoms with Crippen LogP contribution in [0.5, 0.6) is 0 Å². The van der Waals surface area contributed by atoms with Crippen molar-refractivity contribution in [2.75, 3.05) is 6.54 Å². The molecule has 0 radical (unpaired) electrons. The van der Waals surface area contributed by atoms with Gasteiger partial charge in [-0.1, -0.05) is 41.9 Å². The smallest absolute Gasteiger partial charge is 0.206 e. The Kier molecular flexibility index (Phi) is 3.78. The molecule has 0 saturated carbocycles. The van der Waals surface area contributed by atoms with Crippen molar-refractivity contribution in [3.63, 3.8) is 0 Å². The lowest BCUT2D eigenvalue weighted by atomic mass is 9.93. The van der Waals surface area contributed by atoms with Crippen molar-refractivity contribution in [1.82, 2.24) is 0 Å². The highest BCUT2D eigenvalue weighted by Gasteiger charge is 2.23. The number of fused-ring (bicyclic) bond motifs is 1. The van der Waals surface area contributed by atoms with Gasteiger partial charge < -0.3 is 10.2 Å². The van der Waals surface area contributed by atoms with E-state index < -0.39 is 5.92 Å². The van der Waals surface area contributed by atoms with E-state index in [1.54, 1.807) is 24.3 Å². The SMILES string of the molecule is NCC(C(=O)c1cc2cc(Cl)ccc2o1)c1ccccc1. The van der Waals surface area contributed by atoms with Crippen molar-refractivity contribution in [2.45, 2.75) is 5.92 Å². The molecule has 21 heavy (non-hydrogen) atoms. The Bertz CT molecular complexity index is 780. The number of carbonyl (C=O) groups excluding carboxylic acids is 1. The first kappa shape index (κ1) is 13.9. The van der Waals surface area contributed by atoms with Crippen LogP contribution in [0.15, 0.2) is 59.0 Å². The molecule has 4 heteroatoms. The third-order valence-electron chi connectivity index (χ3n) is 3.48. The fraction of sp³-hybridized carbons (Fsp3) is 0.118. The van der Waals surface area contributed by atoms with Crippen LogP contribution < -0.4 is 5.73 Å². The zero-order valence-electron chi connectivity index (χ0n) is 11.3. The molecule has 1 atom stereocenters. The Labute approximate surface area is 127 Å². The lowest BCUT2D eigenvalue weighted by Gasteiger charge is -2.12. The van der Waals surface area contributed by atoms with Crippen LogP contribution in [0.3, 0.4) is 0 Å². The molecule has 3 nitrogen and oxygen atoms in total. The Hall–Kier alpha value is -2.10. The molecule has 2 aromatic carbocycles. The summed E-state index contributed by atoms with van der Waals surface area (Å²) in [7, 11) is 0. The minimum atomic E-state index is -0.401. The number of carbonyl (C=O) groups is 1. The summed E-state index contributed by atoms with van der Waals surface area (Å²) in [6, 6.07) is 16.5. The van der Waals surface area contributed by atoms with Crippen LogP contribution in [0.1, 0.15) is 22.0 Å². The van der Waals surface area contributed by atoms with E-state index in [1.807, 2.05) is 30.3 Å². The predicted octanol–water partition coefficient (Wildman–Crippen LogP) is 4.01. The summed E-state index contributed by atoms with van der Waals surface area (Å²) in [5.74, 6) is -0.204. The molecular weight excluding hydrogens is 286 g/mol. The first-order valence-electron chi connectivity index (χ1n) is 6.67. The number of hydrogen-bond donors (Lipinski definition) is 1. The quantitative estimate of drug-likeness (QED) is 0.741. The summed E-state index contributed by atoms with van der Waals surface area (Å²) in [5.41, 5.74) is 7.31. The molecule has 1 unspecified atom stereocenters. The molecular formula is C17H14ClNO2. The molecule has 1 aromatic heterocycles. The number of ketones is 1. The van der Waals surface area contributed by atoms with Crippen LogP contribution in [-0.4, -0.2) is 12.3 Å². The van der Waals surface area contributed by atoms with Crippen molar-refractivity contribution >= 4 is 28.4 Å². The molecule has 0 bridgehead atoms. The van der Waals surface area contributed by atoms with Crippen molar-refractivity contribution in [3.05, 3.63) is 70.9 Å². The maximum atomic E-state index is 12.6. The van der Waals surface area contributed by atoms with Gasteiger partial charge in [-0.2, -0.15) is 0 Å². The molecule has 0 saturated heterocycles. The van der Waals surface area contributed by atoms with Gasteiger partial charge in [-0.25, -0.2) is 0 Å². The third-order valence-corrected chi connectivity index (χ3v) is 3.71. The zero-order chi connectivity index (χ0) is 14.8. The topological polar surface area (TPSA) is 56.2 Å². The van der Waals surface area contributed by atoms with Crippen LogP contribution in [0.4, 0.5) is 0 Å². The predicted molar refractivity (Wildman–Crippen MR) is 83.8 cm³/mol. The number of hydrogen-bond acceptors (Lipinski definition) is 3. The molecule has 0 fully saturated rings. The van der Waals surface area contributed by atoms with Gasteiger partial charge >= 0.3 is 0 Å². The van der Waals surface area contributed by atoms with Gasteiger partial charge in [-0.05, 0) is 29.8 Å². The van der Waals surface area contributed by atoms with Crippen molar-refractivity contribution in [3.8, 4) is 0 Å². The fourth-order valence-electron chi connectivity index (χ4n) is 2.39. The summed E-state index contributed by atoms with van der Waals surface area (Å²) in [6.07, 6.45) is 0. The van der Waals surface area contributed by atoms with Gasteiger partial charge in [0.15, 0.2) is 5.76 Å². The highest BCUT2D eigenvalue weighted by molar-refractivity contribution is 6.31. The molecule has 0 spiro atoms. The second-order valence-corrected chi connectivity index (χ2v) is 5.29. The molecule has 3 rings (SSSR count). The maximum absolute atomic E-state index is 12.6. The Morgan fingerprint density at radius 1 is 1.14 bits per heavy atom. The second kappa shape index (κ2) is 5.72. The van der Waals surface area contributed by atoms with Crippen molar-refractivity contribution < 1.29 is 9.21 Å². The zero-order valence-corrected chi connectivity index (χ0v) is 12.0. The van der Waals surface area contributed by atoms with E-state index in [4.69, 9.17) is 21.8 Å². The first-order chi connectivity index (χ1) is 10.2. The fourth-order valence-corrected chi connectivity index (χ4v) is 2.57. The van der Waals surface area contributed by atoms with Gasteiger partial charge in [-0.3, -0.25) is 4.79 Å². The average molecular weight is 300 g/mol. The van der Waals surface area contributed by atoms with Gasteiger partial charge in [0.2, 0.25) is 5.78 Å². The molecule has 1 heterocycles. The van der Waals surface area contributed by atoms with Gasteiger partial charge in [0.1, 0.15) is 5.58 Å². The molecule has 106 valence electrons. The number of nitrogens with two attached hydrogens (primary N) is 1. The minimum absolute atomic E-state index is 0.115. The molecule has 3 aromatic rings. The van der Waals surface area contributed by atoms with E-state index in [1.165, 1.54) is 0 Å². The van der Waals surface area contributed by atoms with E-state index in [0.29, 0.717) is 16.4 Å². The van der Waals surface area contributed by atoms with Gasteiger partial charge in [-0.15, -0.1) is 0 Å². The Morgan fingerprint density at radius 3 is 2.62 bits per heavy atom. The van der Waals surface area contributed by atoms with E-state index in [9.17, 15) is 4.79 Å². The van der Waals surface area contributed by atoms with E-state index in [2.05, 4.69) is 0 Å². The minimum Gasteiger partial charge on any atom is -0.453 e. The molecule has 2 N–H and O–H groups in total. The Morgan fingerprint density at radius 2 is 1.90 bits per heavy atom. The standard InChI is InChI=1S/C17H14ClNO2/c18-13-6-7-15-12(8-13)9-16(21-15)17(20)14(10-19)11-4-2-1-3-5-11/h1-9,14H,10,19H2. The van der Waals surface area contributed by atoms with Crippen molar-refractivity contribution in [2.24, 2.45) is 5.73 Å². The highest BCUT2D eigenvalue weighted by Crippen LogP contribution is 2.27. The first-order valence-corrected chi connectivity index (χ1v) is 7.05. The number of rotatable bonds is 4. The summed E-state index contributed by atoms with van der Waals surface area (Å²) in [4.78, 5) is 12.6. The second-order valence-electron chi connectivity index (χ2n) is 4.86. The summed E-state index contributed by atoms with van der Waals surface area (Å²) >= 11 is 5.95. The van der Waals surface area contributed by atoms with Gasteiger partial charge in [0, 0.05) is 17.0 Å². The molecule has 0 aliphatic carbocycles. The summed E-state index contributed by atoms with van der Waals surface area (Å²) < 4.78 is 5.63. The number of benzene rings is 2. The van der Waals surface area contributed by atoms with Crippen LogP contribution in [0.25, 0.3) is 11.0 Å². The van der Waals surface area contributed by atoms with Crippen molar-refractivity contribution in [1.29, 1.82) is 0 Å². The van der Waals surface area contributed by atoms with Gasteiger partial charge in [0.25, 0.3) is 0 Å². The molecule has 0 amide bonds. The highest BCUT2D eigenvalue weighted by atomic mass is 35.5. The number of halogens is 1. The normalized spacial score (nSPS) is 12.5. The van der Waals surface area contributed by atoms with Crippen LogP contribution in [-0.2, 0) is 0 Å². The lowest BCUT2D eigenvalue weighted by molar-refractivity contribution is 0.0937. The average Bonchev–Trinajstić information content (AvgIpc) is 2.92. The van der Waals surface area contributed by atoms with Crippen LogP contribution >= 0.6 is 11.6 Å². The van der Waals surface area contributed by atoms with Gasteiger partial charge in [0.05, 0.1) is 5.92 Å². The van der Waals surface area contributed by atoms with E-state index in [0.717, 1.165) is 10.9 Å². The summed E-state index contributed by atoms with van der Waals surface area (Å²) in [5, 5.41) is 1.43. The van der Waals surface area contributed by atoms with E-state index in [-0.39, 0.29) is 12.3 Å². The Balaban J connectivity index is 1.98.